The molecule has 0 aliphatic heterocycles. The van der Waals surface area contributed by atoms with Gasteiger partial charge in [-0.1, -0.05) is 16.8 Å². The SMILES string of the molecule is Clc1ccc2[nH]cc(-c3cnoc3)c2c1. The van der Waals surface area contributed by atoms with Gasteiger partial charge >= 0.3 is 0 Å². The highest BCUT2D eigenvalue weighted by Gasteiger charge is 2.07. The summed E-state index contributed by atoms with van der Waals surface area (Å²) in [7, 11) is 0. The van der Waals surface area contributed by atoms with Crippen LogP contribution in [0.25, 0.3) is 22.0 Å². The van der Waals surface area contributed by atoms with Crippen LogP contribution in [-0.2, 0) is 0 Å². The number of benzene rings is 1. The Kier molecular flexibility index (Phi) is 1.79. The summed E-state index contributed by atoms with van der Waals surface area (Å²) in [6.45, 7) is 0. The van der Waals surface area contributed by atoms with E-state index >= 15 is 0 Å². The predicted octanol–water partition coefficient (Wildman–Crippen LogP) is 3.48. The van der Waals surface area contributed by atoms with E-state index in [2.05, 4.69) is 10.1 Å². The van der Waals surface area contributed by atoms with Crippen molar-refractivity contribution in [2.45, 2.75) is 0 Å². The van der Waals surface area contributed by atoms with E-state index < -0.39 is 0 Å². The Bertz CT molecular complexity index is 598. The van der Waals surface area contributed by atoms with Crippen LogP contribution in [0.3, 0.4) is 0 Å². The van der Waals surface area contributed by atoms with Gasteiger partial charge in [-0.25, -0.2) is 0 Å². The zero-order chi connectivity index (χ0) is 10.3. The maximum absolute atomic E-state index is 5.96. The monoisotopic (exact) mass is 218 g/mol. The molecule has 3 aromatic rings. The van der Waals surface area contributed by atoms with Crippen molar-refractivity contribution < 1.29 is 4.52 Å². The molecular formula is C11H7ClN2O. The number of nitrogens with zero attached hydrogens (tertiary/aromatic N) is 1. The van der Waals surface area contributed by atoms with E-state index in [1.165, 1.54) is 0 Å². The molecule has 0 unspecified atom stereocenters. The number of fused-ring (bicyclic) bond motifs is 1. The minimum absolute atomic E-state index is 0.722. The molecule has 0 saturated heterocycles. The van der Waals surface area contributed by atoms with Gasteiger partial charge in [0, 0.05) is 33.2 Å². The van der Waals surface area contributed by atoms with Crippen molar-refractivity contribution in [3.8, 4) is 11.1 Å². The highest BCUT2D eigenvalue weighted by atomic mass is 35.5. The molecule has 1 N–H and O–H groups in total. The second kappa shape index (κ2) is 3.14. The average Bonchev–Trinajstić information content (AvgIpc) is 2.83. The Morgan fingerprint density at radius 1 is 1.33 bits per heavy atom. The first kappa shape index (κ1) is 8.56. The predicted molar refractivity (Wildman–Crippen MR) is 58.8 cm³/mol. The van der Waals surface area contributed by atoms with Crippen molar-refractivity contribution in [1.29, 1.82) is 0 Å². The topological polar surface area (TPSA) is 41.8 Å². The van der Waals surface area contributed by atoms with E-state index in [-0.39, 0.29) is 0 Å². The van der Waals surface area contributed by atoms with E-state index in [0.29, 0.717) is 0 Å². The number of rotatable bonds is 1. The van der Waals surface area contributed by atoms with Gasteiger partial charge in [-0.05, 0) is 18.2 Å². The quantitative estimate of drug-likeness (QED) is 0.680. The van der Waals surface area contributed by atoms with Crippen LogP contribution in [0.1, 0.15) is 0 Å². The molecule has 0 spiro atoms. The first-order chi connectivity index (χ1) is 7.34. The van der Waals surface area contributed by atoms with Gasteiger partial charge in [0.25, 0.3) is 0 Å². The van der Waals surface area contributed by atoms with E-state index in [4.69, 9.17) is 16.1 Å². The second-order valence-electron chi connectivity index (χ2n) is 3.31. The zero-order valence-corrected chi connectivity index (χ0v) is 8.45. The summed E-state index contributed by atoms with van der Waals surface area (Å²) in [5.74, 6) is 0. The lowest BCUT2D eigenvalue weighted by molar-refractivity contribution is 0.420. The maximum atomic E-state index is 5.96. The molecule has 0 amide bonds. The molecule has 2 heterocycles. The van der Waals surface area contributed by atoms with Gasteiger partial charge in [-0.3, -0.25) is 0 Å². The summed E-state index contributed by atoms with van der Waals surface area (Å²) < 4.78 is 4.82. The highest BCUT2D eigenvalue weighted by Crippen LogP contribution is 2.29. The van der Waals surface area contributed by atoms with Crippen molar-refractivity contribution in [2.75, 3.05) is 0 Å². The van der Waals surface area contributed by atoms with Gasteiger partial charge in [0.15, 0.2) is 0 Å². The molecule has 0 radical (unpaired) electrons. The number of hydrogen-bond acceptors (Lipinski definition) is 2. The Labute approximate surface area is 90.6 Å². The molecule has 2 aromatic heterocycles. The summed E-state index contributed by atoms with van der Waals surface area (Å²) in [5.41, 5.74) is 3.05. The highest BCUT2D eigenvalue weighted by molar-refractivity contribution is 6.31. The van der Waals surface area contributed by atoms with E-state index in [1.807, 2.05) is 24.4 Å². The van der Waals surface area contributed by atoms with Crippen LogP contribution in [0.5, 0.6) is 0 Å². The van der Waals surface area contributed by atoms with Gasteiger partial charge in [-0.15, -0.1) is 0 Å². The molecule has 0 saturated carbocycles. The number of aromatic amines is 1. The summed E-state index contributed by atoms with van der Waals surface area (Å²) in [6.07, 6.45) is 5.22. The summed E-state index contributed by atoms with van der Waals surface area (Å²) in [5, 5.41) is 5.48. The third-order valence-corrected chi connectivity index (χ3v) is 2.62. The molecule has 3 rings (SSSR count). The van der Waals surface area contributed by atoms with E-state index in [0.717, 1.165) is 27.1 Å². The minimum Gasteiger partial charge on any atom is -0.364 e. The number of aromatic nitrogens is 2. The fraction of sp³-hybridized carbons (Fsp3) is 0. The fourth-order valence-corrected chi connectivity index (χ4v) is 1.84. The molecule has 4 heteroatoms. The van der Waals surface area contributed by atoms with Crippen LogP contribution in [0.2, 0.25) is 5.02 Å². The van der Waals surface area contributed by atoms with Crippen molar-refractivity contribution in [2.24, 2.45) is 0 Å². The Morgan fingerprint density at radius 3 is 3.07 bits per heavy atom. The molecule has 3 nitrogen and oxygen atoms in total. The summed E-state index contributed by atoms with van der Waals surface area (Å²) in [4.78, 5) is 3.18. The van der Waals surface area contributed by atoms with Gasteiger partial charge in [0.1, 0.15) is 6.26 Å². The Hall–Kier alpha value is -1.74. The van der Waals surface area contributed by atoms with Crippen LogP contribution in [0, 0.1) is 0 Å². The van der Waals surface area contributed by atoms with Crippen molar-refractivity contribution in [3.63, 3.8) is 0 Å². The van der Waals surface area contributed by atoms with Gasteiger partial charge in [0.2, 0.25) is 0 Å². The number of H-pyrrole nitrogens is 1. The van der Waals surface area contributed by atoms with Crippen LogP contribution >= 0.6 is 11.6 Å². The van der Waals surface area contributed by atoms with Crippen LogP contribution < -0.4 is 0 Å². The number of halogens is 1. The molecule has 0 fully saturated rings. The van der Waals surface area contributed by atoms with Gasteiger partial charge < -0.3 is 9.51 Å². The first-order valence-corrected chi connectivity index (χ1v) is 4.89. The lowest BCUT2D eigenvalue weighted by Gasteiger charge is -1.94. The molecular weight excluding hydrogens is 212 g/mol. The largest absolute Gasteiger partial charge is 0.364 e. The van der Waals surface area contributed by atoms with Crippen LogP contribution in [-0.4, -0.2) is 10.1 Å². The molecule has 0 aliphatic carbocycles. The van der Waals surface area contributed by atoms with E-state index in [1.54, 1.807) is 12.5 Å². The maximum Gasteiger partial charge on any atom is 0.131 e. The van der Waals surface area contributed by atoms with E-state index in [9.17, 15) is 0 Å². The standard InChI is InChI=1S/C11H7ClN2O/c12-8-1-2-11-9(3-8)10(5-13-11)7-4-14-15-6-7/h1-6,13H. The van der Waals surface area contributed by atoms with Crippen LogP contribution in [0.15, 0.2) is 41.4 Å². The normalized spacial score (nSPS) is 11.0. The lowest BCUT2D eigenvalue weighted by Crippen LogP contribution is -1.71. The van der Waals surface area contributed by atoms with Crippen molar-refractivity contribution >= 4 is 22.5 Å². The van der Waals surface area contributed by atoms with Gasteiger partial charge in [-0.2, -0.15) is 0 Å². The van der Waals surface area contributed by atoms with Crippen LogP contribution in [0.4, 0.5) is 0 Å². The zero-order valence-electron chi connectivity index (χ0n) is 7.70. The third-order valence-electron chi connectivity index (χ3n) is 2.39. The smallest absolute Gasteiger partial charge is 0.131 e. The summed E-state index contributed by atoms with van der Waals surface area (Å²) >= 11 is 5.96. The number of hydrogen-bond donors (Lipinski definition) is 1. The first-order valence-electron chi connectivity index (χ1n) is 4.51. The fourth-order valence-electron chi connectivity index (χ4n) is 1.67. The molecule has 15 heavy (non-hydrogen) atoms. The third kappa shape index (κ3) is 1.32. The minimum atomic E-state index is 0.722. The Morgan fingerprint density at radius 2 is 2.27 bits per heavy atom. The molecule has 0 atom stereocenters. The molecule has 74 valence electrons. The Balaban J connectivity index is 2.32. The molecule has 0 aliphatic rings. The second-order valence-corrected chi connectivity index (χ2v) is 3.74. The number of nitrogens with one attached hydrogen (secondary N) is 1. The van der Waals surface area contributed by atoms with Crippen molar-refractivity contribution in [3.05, 3.63) is 41.9 Å². The summed E-state index contributed by atoms with van der Waals surface area (Å²) in [6, 6.07) is 5.74. The van der Waals surface area contributed by atoms with Gasteiger partial charge in [0.05, 0.1) is 6.20 Å². The lowest BCUT2D eigenvalue weighted by atomic mass is 10.1. The van der Waals surface area contributed by atoms with Crippen molar-refractivity contribution in [1.82, 2.24) is 10.1 Å². The average molecular weight is 219 g/mol. The molecule has 1 aromatic carbocycles. The molecule has 0 bridgehead atoms.